The summed E-state index contributed by atoms with van der Waals surface area (Å²) in [6.07, 6.45) is 0. The highest BCUT2D eigenvalue weighted by Gasteiger charge is 2.24. The van der Waals surface area contributed by atoms with Gasteiger partial charge in [0, 0.05) is 61.1 Å². The average Bonchev–Trinajstić information content (AvgIpc) is 1.54. The van der Waals surface area contributed by atoms with Crippen LogP contribution in [0.25, 0.3) is 111 Å². The van der Waals surface area contributed by atoms with Gasteiger partial charge in [0.05, 0.1) is 39.1 Å². The van der Waals surface area contributed by atoms with E-state index >= 15 is 0 Å². The van der Waals surface area contributed by atoms with Crippen LogP contribution in [0.4, 0.5) is 34.1 Å². The van der Waals surface area contributed by atoms with Crippen molar-refractivity contribution in [3.05, 3.63) is 388 Å². The maximum absolute atomic E-state index is 2.44. The number of hydrogen-bond donors (Lipinski definition) is 0. The van der Waals surface area contributed by atoms with E-state index in [1.54, 1.807) is 0 Å². The second kappa shape index (κ2) is 25.4. The predicted molar refractivity (Wildman–Crippen MR) is 398 cm³/mol. The van der Waals surface area contributed by atoms with Crippen molar-refractivity contribution < 1.29 is 0 Å². The molecule has 17 aromatic rings. The molecule has 0 spiro atoms. The van der Waals surface area contributed by atoms with Gasteiger partial charge < -0.3 is 18.9 Å². The Labute approximate surface area is 548 Å². The number of benzene rings is 15. The molecule has 0 saturated heterocycles. The summed E-state index contributed by atoms with van der Waals surface area (Å²) in [5.74, 6) is 0. The molecular weight excluding hydrogens is 1140 g/mol. The van der Waals surface area contributed by atoms with E-state index in [1.807, 2.05) is 0 Å². The molecule has 0 amide bonds. The molecule has 17 rings (SSSR count). The molecule has 0 aliphatic heterocycles. The van der Waals surface area contributed by atoms with Gasteiger partial charge in [-0.15, -0.1) is 0 Å². The topological polar surface area (TPSA) is 16.3 Å². The van der Waals surface area contributed by atoms with Crippen molar-refractivity contribution in [3.8, 4) is 67.0 Å². The molecule has 2 aromatic heterocycles. The third-order valence-electron chi connectivity index (χ3n) is 18.0. The maximum atomic E-state index is 2.44. The van der Waals surface area contributed by atoms with Gasteiger partial charge in [-0.1, -0.05) is 291 Å². The first-order valence-electron chi connectivity index (χ1n) is 32.2. The smallest absolute Gasteiger partial charge is 0.0562 e. The van der Waals surface area contributed by atoms with Crippen molar-refractivity contribution in [2.24, 2.45) is 0 Å². The van der Waals surface area contributed by atoms with Crippen LogP contribution in [0.2, 0.25) is 0 Å². The fourth-order valence-electron chi connectivity index (χ4n) is 13.6. The molecule has 0 saturated carbocycles. The summed E-state index contributed by atoms with van der Waals surface area (Å²) in [7, 11) is 0. The Morgan fingerprint density at radius 2 is 0.511 bits per heavy atom. The molecule has 0 unspecified atom stereocenters. The van der Waals surface area contributed by atoms with Crippen LogP contribution in [0.15, 0.2) is 388 Å². The largest absolute Gasteiger partial charge is 0.310 e. The molecule has 0 bridgehead atoms. The van der Waals surface area contributed by atoms with E-state index in [9.17, 15) is 0 Å². The first-order valence-corrected chi connectivity index (χ1v) is 32.2. The fraction of sp³-hybridized carbons (Fsp3) is 0. The second-order valence-electron chi connectivity index (χ2n) is 23.6. The lowest BCUT2D eigenvalue weighted by Crippen LogP contribution is -2.12. The number of fused-ring (bicyclic) bond motifs is 6. The van der Waals surface area contributed by atoms with Gasteiger partial charge in [0.2, 0.25) is 0 Å². The minimum absolute atomic E-state index is 1.09. The zero-order valence-electron chi connectivity index (χ0n) is 51.7. The Morgan fingerprint density at radius 1 is 0.181 bits per heavy atom. The van der Waals surface area contributed by atoms with Gasteiger partial charge in [-0.2, -0.15) is 0 Å². The second-order valence-corrected chi connectivity index (χ2v) is 23.6. The van der Waals surface area contributed by atoms with Crippen LogP contribution in [0.3, 0.4) is 0 Å². The Bertz CT molecular complexity index is 5350. The molecule has 0 aliphatic rings. The molecule has 0 aliphatic carbocycles. The molecule has 2 heterocycles. The summed E-state index contributed by atoms with van der Waals surface area (Å²) in [6, 6.07) is 139. The molecular formula is C90H64N4. The lowest BCUT2D eigenvalue weighted by molar-refractivity contribution is 1.18. The molecule has 0 atom stereocenters. The average molecular weight is 1200 g/mol. The highest BCUT2D eigenvalue weighted by Crippen LogP contribution is 2.48. The van der Waals surface area contributed by atoms with E-state index in [4.69, 9.17) is 0 Å². The molecule has 94 heavy (non-hydrogen) atoms. The van der Waals surface area contributed by atoms with Crippen LogP contribution in [-0.4, -0.2) is 9.13 Å². The van der Waals surface area contributed by atoms with Crippen LogP contribution in [0.5, 0.6) is 0 Å². The Hall–Kier alpha value is -12.5. The maximum Gasteiger partial charge on any atom is 0.0562 e. The van der Waals surface area contributed by atoms with Crippen molar-refractivity contribution in [1.82, 2.24) is 9.13 Å². The monoisotopic (exact) mass is 1200 g/mol. The Morgan fingerprint density at radius 3 is 1.01 bits per heavy atom. The number of hydrogen-bond acceptors (Lipinski definition) is 2. The zero-order chi connectivity index (χ0) is 62.6. The van der Waals surface area contributed by atoms with Gasteiger partial charge in [-0.05, 0) is 142 Å². The third kappa shape index (κ3) is 10.8. The van der Waals surface area contributed by atoms with Crippen molar-refractivity contribution in [2.45, 2.75) is 0 Å². The van der Waals surface area contributed by atoms with E-state index in [1.165, 1.54) is 93.7 Å². The van der Waals surface area contributed by atoms with Crippen molar-refractivity contribution in [2.75, 3.05) is 9.80 Å². The SMILES string of the molecule is c1ccc(-c2ccc(-n3c4ccccc4c4ccc(N(c5ccccc5-c5ccccc5)c5ccccc5-c5ccccc5)cc43)cc2)cc1.c1ccc(-c2ccc(N(c3ccccc3)c3cccc4c3c3ccccc3n4-c3ccc(-c4ccccc4)cc3)cc2)cc1. The summed E-state index contributed by atoms with van der Waals surface area (Å²) in [4.78, 5) is 4.82. The van der Waals surface area contributed by atoms with Gasteiger partial charge in [0.1, 0.15) is 0 Å². The zero-order valence-corrected chi connectivity index (χ0v) is 51.7. The van der Waals surface area contributed by atoms with E-state index in [2.05, 4.69) is 407 Å². The molecule has 0 radical (unpaired) electrons. The summed E-state index contributed by atoms with van der Waals surface area (Å²) >= 11 is 0. The molecule has 4 heteroatoms. The van der Waals surface area contributed by atoms with Gasteiger partial charge in [-0.25, -0.2) is 0 Å². The minimum atomic E-state index is 1.09. The lowest BCUT2D eigenvalue weighted by Gasteiger charge is -2.30. The van der Waals surface area contributed by atoms with Gasteiger partial charge in [0.15, 0.2) is 0 Å². The Kier molecular flexibility index (Phi) is 15.3. The van der Waals surface area contributed by atoms with E-state index in [-0.39, 0.29) is 0 Å². The van der Waals surface area contributed by atoms with Gasteiger partial charge >= 0.3 is 0 Å². The summed E-state index contributed by atoms with van der Waals surface area (Å²) in [6.45, 7) is 0. The molecule has 4 nitrogen and oxygen atoms in total. The van der Waals surface area contributed by atoms with Crippen LogP contribution in [-0.2, 0) is 0 Å². The number of rotatable bonds is 13. The number of para-hydroxylation sites is 5. The van der Waals surface area contributed by atoms with E-state index in [0.29, 0.717) is 0 Å². The van der Waals surface area contributed by atoms with Crippen molar-refractivity contribution in [3.63, 3.8) is 0 Å². The van der Waals surface area contributed by atoms with Crippen molar-refractivity contribution in [1.29, 1.82) is 0 Å². The van der Waals surface area contributed by atoms with Crippen LogP contribution < -0.4 is 9.80 Å². The summed E-state index contributed by atoms with van der Waals surface area (Å²) in [5.41, 5.74) is 25.7. The van der Waals surface area contributed by atoms with E-state index in [0.717, 1.165) is 51.0 Å². The fourth-order valence-corrected chi connectivity index (χ4v) is 13.6. The third-order valence-corrected chi connectivity index (χ3v) is 18.0. The number of nitrogens with zero attached hydrogens (tertiary/aromatic N) is 4. The predicted octanol–water partition coefficient (Wildman–Crippen LogP) is 24.8. The number of anilines is 6. The first-order chi connectivity index (χ1) is 46.7. The van der Waals surface area contributed by atoms with E-state index < -0.39 is 0 Å². The standard InChI is InChI=1S/C48H34N2.C42H30N2/c1-4-16-35(17-5-1)36-28-30-39(31-29-36)49-47-27-15-12-24-43(47)44-33-32-40(34-48(44)49)50(45-25-13-10-22-41(45)37-18-6-2-7-19-37)46-26-14-11-23-42(46)38-20-8-3-9-21-38;1-4-13-31(14-5-1)33-23-27-36(28-24-33)43(35-17-8-3-9-18-35)40-21-12-22-41-42(40)38-19-10-11-20-39(38)44(41)37-29-25-34(26-30-37)32-15-6-2-7-16-32/h1-34H;1-30H. The Balaban J connectivity index is 0.000000150. The minimum Gasteiger partial charge on any atom is -0.310 e. The molecule has 0 fully saturated rings. The highest BCUT2D eigenvalue weighted by molar-refractivity contribution is 6.17. The first kappa shape index (κ1) is 56.7. The van der Waals surface area contributed by atoms with Crippen LogP contribution >= 0.6 is 0 Å². The molecule has 0 N–H and O–H groups in total. The normalized spacial score (nSPS) is 11.2. The number of aromatic nitrogens is 2. The lowest BCUT2D eigenvalue weighted by atomic mass is 9.98. The van der Waals surface area contributed by atoms with Gasteiger partial charge in [-0.3, -0.25) is 0 Å². The quantitative estimate of drug-likeness (QED) is 0.114. The summed E-state index contributed by atoms with van der Waals surface area (Å²) in [5, 5.41) is 4.92. The summed E-state index contributed by atoms with van der Waals surface area (Å²) < 4.78 is 4.80. The highest BCUT2D eigenvalue weighted by atomic mass is 15.2. The molecule has 444 valence electrons. The molecule has 15 aromatic carbocycles. The van der Waals surface area contributed by atoms with Crippen molar-refractivity contribution >= 4 is 77.7 Å². The van der Waals surface area contributed by atoms with Gasteiger partial charge in [0.25, 0.3) is 0 Å². The van der Waals surface area contributed by atoms with Crippen LogP contribution in [0.1, 0.15) is 0 Å². The van der Waals surface area contributed by atoms with Crippen LogP contribution in [0, 0.1) is 0 Å².